The van der Waals surface area contributed by atoms with Gasteiger partial charge in [-0.05, 0) is 32.0 Å². The molecule has 7 nitrogen and oxygen atoms in total. The first-order valence-electron chi connectivity index (χ1n) is 8.13. The Morgan fingerprint density at radius 3 is 2.71 bits per heavy atom. The van der Waals surface area contributed by atoms with Crippen molar-refractivity contribution in [2.45, 2.75) is 30.9 Å². The third kappa shape index (κ3) is 3.57. The van der Waals surface area contributed by atoms with Gasteiger partial charge < -0.3 is 4.52 Å². The summed E-state index contributed by atoms with van der Waals surface area (Å²) >= 11 is 1.32. The van der Waals surface area contributed by atoms with Gasteiger partial charge in [0, 0.05) is 17.0 Å². The first kappa shape index (κ1) is 18.4. The zero-order valence-electron chi connectivity index (χ0n) is 14.7. The first-order valence-corrected chi connectivity index (χ1v) is 9.12. The number of hydrogen-bond donors (Lipinski definition) is 0. The van der Waals surface area contributed by atoms with Crippen LogP contribution < -0.4 is 0 Å². The Kier molecular flexibility index (Phi) is 4.53. The predicted molar refractivity (Wildman–Crippen MR) is 94.6 cm³/mol. The fraction of sp³-hybridized carbons (Fsp3) is 0.235. The van der Waals surface area contributed by atoms with Crippen molar-refractivity contribution in [1.82, 2.24) is 29.7 Å². The second-order valence-corrected chi connectivity index (χ2v) is 6.98. The Balaban J connectivity index is 1.54. The van der Waals surface area contributed by atoms with Gasteiger partial charge in [0.05, 0.1) is 11.3 Å². The molecule has 0 spiro atoms. The van der Waals surface area contributed by atoms with Crippen molar-refractivity contribution in [3.05, 3.63) is 53.2 Å². The van der Waals surface area contributed by atoms with Gasteiger partial charge in [-0.1, -0.05) is 29.1 Å². The molecular weight excluding hydrogens is 393 g/mol. The normalized spacial score (nSPS) is 12.0. The summed E-state index contributed by atoms with van der Waals surface area (Å²) in [6.45, 7) is 3.80. The first-order chi connectivity index (χ1) is 13.3. The van der Waals surface area contributed by atoms with Gasteiger partial charge in [-0.2, -0.15) is 18.2 Å². The number of halogens is 3. The van der Waals surface area contributed by atoms with Crippen molar-refractivity contribution in [1.29, 1.82) is 0 Å². The topological polar surface area (TPSA) is 82.0 Å². The van der Waals surface area contributed by atoms with Crippen LogP contribution in [0.25, 0.3) is 17.2 Å². The average molecular weight is 406 g/mol. The van der Waals surface area contributed by atoms with Gasteiger partial charge in [-0.3, -0.25) is 4.40 Å². The largest absolute Gasteiger partial charge is 0.416 e. The number of aryl methyl sites for hydroxylation is 2. The van der Waals surface area contributed by atoms with Crippen molar-refractivity contribution in [2.75, 3.05) is 0 Å². The Hall–Kier alpha value is -2.95. The van der Waals surface area contributed by atoms with E-state index in [0.717, 1.165) is 23.5 Å². The van der Waals surface area contributed by atoms with E-state index in [1.807, 2.05) is 24.3 Å². The molecule has 0 atom stereocenters. The highest BCUT2D eigenvalue weighted by atomic mass is 32.2. The van der Waals surface area contributed by atoms with E-state index in [1.54, 1.807) is 0 Å². The van der Waals surface area contributed by atoms with Gasteiger partial charge in [-0.25, -0.2) is 4.98 Å². The number of hydrogen-bond acceptors (Lipinski definition) is 7. The summed E-state index contributed by atoms with van der Waals surface area (Å²) < 4.78 is 45.6. The third-order valence-electron chi connectivity index (χ3n) is 3.90. The van der Waals surface area contributed by atoms with Gasteiger partial charge in [0.2, 0.25) is 11.7 Å². The fourth-order valence-corrected chi connectivity index (χ4v) is 3.51. The smallest absolute Gasteiger partial charge is 0.338 e. The minimum atomic E-state index is -4.43. The highest BCUT2D eigenvalue weighted by Gasteiger charge is 2.30. The monoisotopic (exact) mass is 406 g/mol. The average Bonchev–Trinajstić information content (AvgIpc) is 3.26. The molecule has 0 amide bonds. The van der Waals surface area contributed by atoms with E-state index in [-0.39, 0.29) is 17.3 Å². The van der Waals surface area contributed by atoms with Gasteiger partial charge in [0.15, 0.2) is 5.16 Å². The lowest BCUT2D eigenvalue weighted by atomic mass is 10.1. The number of fused-ring (bicyclic) bond motifs is 1. The second-order valence-electron chi connectivity index (χ2n) is 6.04. The van der Waals surface area contributed by atoms with Crippen LogP contribution in [0.1, 0.15) is 22.8 Å². The molecule has 0 aliphatic carbocycles. The molecule has 0 unspecified atom stereocenters. The van der Waals surface area contributed by atoms with Crippen LogP contribution in [0, 0.1) is 13.8 Å². The quantitative estimate of drug-likeness (QED) is 0.472. The molecule has 0 aliphatic rings. The molecule has 0 saturated heterocycles. The number of thioether (sulfide) groups is 1. The van der Waals surface area contributed by atoms with E-state index in [2.05, 4.69) is 25.3 Å². The maximum absolute atomic E-state index is 12.9. The van der Waals surface area contributed by atoms with E-state index in [9.17, 15) is 13.2 Å². The summed E-state index contributed by atoms with van der Waals surface area (Å²) in [5, 5.41) is 12.5. The van der Waals surface area contributed by atoms with Gasteiger partial charge >= 0.3 is 6.18 Å². The van der Waals surface area contributed by atoms with Crippen molar-refractivity contribution in [3.8, 4) is 11.4 Å². The summed E-state index contributed by atoms with van der Waals surface area (Å²) in [4.78, 5) is 8.50. The van der Waals surface area contributed by atoms with E-state index in [0.29, 0.717) is 16.7 Å². The minimum Gasteiger partial charge on any atom is -0.338 e. The van der Waals surface area contributed by atoms with E-state index in [1.165, 1.54) is 23.9 Å². The van der Waals surface area contributed by atoms with Crippen molar-refractivity contribution >= 4 is 17.5 Å². The van der Waals surface area contributed by atoms with E-state index >= 15 is 0 Å². The number of aromatic nitrogens is 6. The molecular formula is C17H13F3N6OS. The SMILES string of the molecule is Cc1cc(C)n2c(SCc3nc(-c4cccc(C(F)(F)F)c4)no3)nnc2n1. The molecule has 28 heavy (non-hydrogen) atoms. The molecule has 1 aromatic carbocycles. The lowest BCUT2D eigenvalue weighted by Gasteiger charge is -2.06. The maximum atomic E-state index is 12.9. The van der Waals surface area contributed by atoms with Gasteiger partial charge in [0.25, 0.3) is 5.78 Å². The molecule has 11 heteroatoms. The van der Waals surface area contributed by atoms with Crippen LogP contribution in [0.4, 0.5) is 13.2 Å². The molecule has 0 fully saturated rings. The van der Waals surface area contributed by atoms with Gasteiger partial charge in [0.1, 0.15) is 0 Å². The maximum Gasteiger partial charge on any atom is 0.416 e. The van der Waals surface area contributed by atoms with Crippen LogP contribution in [0.3, 0.4) is 0 Å². The lowest BCUT2D eigenvalue weighted by molar-refractivity contribution is -0.137. The minimum absolute atomic E-state index is 0.0984. The Labute approximate surface area is 161 Å². The Morgan fingerprint density at radius 1 is 1.11 bits per heavy atom. The van der Waals surface area contributed by atoms with Crippen molar-refractivity contribution in [2.24, 2.45) is 0 Å². The summed E-state index contributed by atoms with van der Waals surface area (Å²) in [7, 11) is 0. The third-order valence-corrected chi connectivity index (χ3v) is 4.82. The zero-order valence-corrected chi connectivity index (χ0v) is 15.5. The van der Waals surface area contributed by atoms with Crippen molar-refractivity contribution in [3.63, 3.8) is 0 Å². The summed E-state index contributed by atoms with van der Waals surface area (Å²) in [5.74, 6) is 1.16. The molecule has 0 N–H and O–H groups in total. The lowest BCUT2D eigenvalue weighted by Crippen LogP contribution is -2.04. The van der Waals surface area contributed by atoms with Crippen LogP contribution in [0.2, 0.25) is 0 Å². The van der Waals surface area contributed by atoms with E-state index in [4.69, 9.17) is 4.52 Å². The van der Waals surface area contributed by atoms with Crippen LogP contribution in [0.5, 0.6) is 0 Å². The van der Waals surface area contributed by atoms with Crippen molar-refractivity contribution < 1.29 is 17.7 Å². The van der Waals surface area contributed by atoms with Crippen LogP contribution in [-0.4, -0.2) is 29.7 Å². The molecule has 0 bridgehead atoms. The summed E-state index contributed by atoms with van der Waals surface area (Å²) in [5.41, 5.74) is 1.25. The molecule has 0 aliphatic heterocycles. The Bertz CT molecular complexity index is 1150. The van der Waals surface area contributed by atoms with Crippen LogP contribution in [0.15, 0.2) is 40.0 Å². The summed E-state index contributed by atoms with van der Waals surface area (Å²) in [6.07, 6.45) is -4.43. The molecule has 0 saturated carbocycles. The van der Waals surface area contributed by atoms with Crippen LogP contribution >= 0.6 is 11.8 Å². The zero-order chi connectivity index (χ0) is 19.9. The molecule has 4 rings (SSSR count). The number of alkyl halides is 3. The van der Waals surface area contributed by atoms with Gasteiger partial charge in [-0.15, -0.1) is 10.2 Å². The fourth-order valence-electron chi connectivity index (χ4n) is 2.69. The highest BCUT2D eigenvalue weighted by Crippen LogP contribution is 2.31. The number of rotatable bonds is 4. The molecule has 4 aromatic rings. The molecule has 3 heterocycles. The van der Waals surface area contributed by atoms with Crippen LogP contribution in [-0.2, 0) is 11.9 Å². The molecule has 0 radical (unpaired) electrons. The Morgan fingerprint density at radius 2 is 1.93 bits per heavy atom. The molecule has 144 valence electrons. The summed E-state index contributed by atoms with van der Waals surface area (Å²) in [6, 6.07) is 6.71. The molecule has 3 aromatic heterocycles. The predicted octanol–water partition coefficient (Wildman–Crippen LogP) is 4.10. The number of benzene rings is 1. The standard InChI is InChI=1S/C17H13F3N6OS/c1-9-6-10(2)26-15(21-9)23-24-16(26)28-8-13-22-14(25-27-13)11-4-3-5-12(7-11)17(18,19)20/h3-7H,8H2,1-2H3. The van der Waals surface area contributed by atoms with E-state index < -0.39 is 11.7 Å². The second kappa shape index (κ2) is 6.89. The highest BCUT2D eigenvalue weighted by molar-refractivity contribution is 7.98. The number of nitrogens with zero attached hydrogens (tertiary/aromatic N) is 6.